The van der Waals surface area contributed by atoms with Crippen molar-refractivity contribution in [1.82, 2.24) is 5.32 Å². The third-order valence-electron chi connectivity index (χ3n) is 3.17. The molecule has 0 saturated carbocycles. The molecule has 2 heterocycles. The second-order valence-electron chi connectivity index (χ2n) is 4.77. The molecule has 0 radical (unpaired) electrons. The molecule has 2 aromatic heterocycles. The molecule has 0 saturated heterocycles. The number of benzene rings is 1. The van der Waals surface area contributed by atoms with Crippen LogP contribution in [-0.4, -0.2) is 5.91 Å². The first-order valence-corrected chi connectivity index (χ1v) is 6.73. The molecule has 4 heteroatoms. The van der Waals surface area contributed by atoms with Gasteiger partial charge in [0.05, 0.1) is 12.3 Å². The molecule has 0 aliphatic rings. The van der Waals surface area contributed by atoms with Gasteiger partial charge in [-0.1, -0.05) is 18.2 Å². The van der Waals surface area contributed by atoms with Crippen LogP contribution in [0.2, 0.25) is 0 Å². The van der Waals surface area contributed by atoms with Crippen LogP contribution < -0.4 is 5.32 Å². The highest BCUT2D eigenvalue weighted by molar-refractivity contribution is 5.91. The first kappa shape index (κ1) is 13.2. The Hall–Kier alpha value is -2.75. The number of hydrogen-bond donors (Lipinski definition) is 1. The van der Waals surface area contributed by atoms with Crippen molar-refractivity contribution >= 4 is 23.0 Å². The number of furan rings is 2. The maximum Gasteiger partial charge on any atom is 0.244 e. The molecule has 0 unspecified atom stereocenters. The number of hydrogen-bond acceptors (Lipinski definition) is 3. The molecule has 0 fully saturated rings. The fourth-order valence-corrected chi connectivity index (χ4v) is 2.09. The van der Waals surface area contributed by atoms with Gasteiger partial charge < -0.3 is 14.2 Å². The molecule has 21 heavy (non-hydrogen) atoms. The number of fused-ring (bicyclic) bond motifs is 1. The molecule has 1 atom stereocenters. The lowest BCUT2D eigenvalue weighted by Gasteiger charge is -2.08. The van der Waals surface area contributed by atoms with Gasteiger partial charge in [-0.3, -0.25) is 4.79 Å². The summed E-state index contributed by atoms with van der Waals surface area (Å²) >= 11 is 0. The van der Waals surface area contributed by atoms with Crippen LogP contribution in [0.5, 0.6) is 0 Å². The zero-order valence-electron chi connectivity index (χ0n) is 11.6. The standard InChI is InChI=1S/C17H15NO3/c1-12(16-11-13-5-2-3-7-15(13)21-16)18-17(19)9-8-14-6-4-10-20-14/h2-12H,1H3,(H,18,19)/b9-8+/t12-/m0/s1. The smallest absolute Gasteiger partial charge is 0.244 e. The minimum atomic E-state index is -0.203. The van der Waals surface area contributed by atoms with Crippen LogP contribution in [0, 0.1) is 0 Å². The topological polar surface area (TPSA) is 55.4 Å². The second kappa shape index (κ2) is 5.71. The van der Waals surface area contributed by atoms with Crippen LogP contribution in [0.1, 0.15) is 24.5 Å². The molecular weight excluding hydrogens is 266 g/mol. The van der Waals surface area contributed by atoms with Gasteiger partial charge in [0, 0.05) is 11.5 Å². The zero-order valence-corrected chi connectivity index (χ0v) is 11.6. The summed E-state index contributed by atoms with van der Waals surface area (Å²) in [7, 11) is 0. The van der Waals surface area contributed by atoms with Crippen LogP contribution in [0.15, 0.2) is 63.6 Å². The number of para-hydroxylation sites is 1. The number of carbonyl (C=O) groups excluding carboxylic acids is 1. The monoisotopic (exact) mass is 281 g/mol. The Morgan fingerprint density at radius 2 is 2.10 bits per heavy atom. The van der Waals surface area contributed by atoms with Crippen LogP contribution >= 0.6 is 0 Å². The SMILES string of the molecule is C[C@H](NC(=O)/C=C/c1ccco1)c1cc2ccccc2o1. The van der Waals surface area contributed by atoms with E-state index < -0.39 is 0 Å². The lowest BCUT2D eigenvalue weighted by atomic mass is 10.2. The first-order valence-electron chi connectivity index (χ1n) is 6.73. The highest BCUT2D eigenvalue weighted by atomic mass is 16.3. The van der Waals surface area contributed by atoms with E-state index in [2.05, 4.69) is 5.32 Å². The summed E-state index contributed by atoms with van der Waals surface area (Å²) in [5.41, 5.74) is 0.819. The van der Waals surface area contributed by atoms with E-state index in [0.717, 1.165) is 16.7 Å². The summed E-state index contributed by atoms with van der Waals surface area (Å²) in [5.74, 6) is 1.18. The summed E-state index contributed by atoms with van der Waals surface area (Å²) in [6, 6.07) is 13.1. The predicted octanol–water partition coefficient (Wildman–Crippen LogP) is 3.92. The first-order chi connectivity index (χ1) is 10.2. The van der Waals surface area contributed by atoms with E-state index in [1.807, 2.05) is 37.3 Å². The maximum atomic E-state index is 11.9. The number of carbonyl (C=O) groups is 1. The molecule has 0 spiro atoms. The Bertz CT molecular complexity index is 735. The molecule has 1 N–H and O–H groups in total. The lowest BCUT2D eigenvalue weighted by molar-refractivity contribution is -0.117. The molecule has 3 rings (SSSR count). The van der Waals surface area contributed by atoms with Crippen molar-refractivity contribution in [3.8, 4) is 0 Å². The second-order valence-corrected chi connectivity index (χ2v) is 4.77. The highest BCUT2D eigenvalue weighted by Crippen LogP contribution is 2.23. The van der Waals surface area contributed by atoms with E-state index in [9.17, 15) is 4.79 Å². The lowest BCUT2D eigenvalue weighted by Crippen LogP contribution is -2.24. The summed E-state index contributed by atoms with van der Waals surface area (Å²) in [6.07, 6.45) is 4.63. The van der Waals surface area contributed by atoms with Gasteiger partial charge in [-0.25, -0.2) is 0 Å². The van der Waals surface area contributed by atoms with Gasteiger partial charge in [0.2, 0.25) is 5.91 Å². The molecule has 106 valence electrons. The third-order valence-corrected chi connectivity index (χ3v) is 3.17. The van der Waals surface area contributed by atoms with E-state index >= 15 is 0 Å². The van der Waals surface area contributed by atoms with E-state index in [1.54, 1.807) is 24.5 Å². The fourth-order valence-electron chi connectivity index (χ4n) is 2.09. The molecule has 1 aromatic carbocycles. The van der Waals surface area contributed by atoms with E-state index in [0.29, 0.717) is 5.76 Å². The van der Waals surface area contributed by atoms with Crippen molar-refractivity contribution < 1.29 is 13.6 Å². The number of amides is 1. The summed E-state index contributed by atoms with van der Waals surface area (Å²) in [5, 5.41) is 3.89. The van der Waals surface area contributed by atoms with Gasteiger partial charge in [0.1, 0.15) is 17.1 Å². The minimum Gasteiger partial charge on any atom is -0.465 e. The van der Waals surface area contributed by atoms with Gasteiger partial charge in [0.25, 0.3) is 0 Å². The summed E-state index contributed by atoms with van der Waals surface area (Å²) in [4.78, 5) is 11.9. The van der Waals surface area contributed by atoms with Gasteiger partial charge in [-0.15, -0.1) is 0 Å². The van der Waals surface area contributed by atoms with Crippen molar-refractivity contribution in [2.75, 3.05) is 0 Å². The minimum absolute atomic E-state index is 0.195. The zero-order chi connectivity index (χ0) is 14.7. The van der Waals surface area contributed by atoms with E-state index in [4.69, 9.17) is 8.83 Å². The molecule has 3 aromatic rings. The Labute approximate surface area is 122 Å². The van der Waals surface area contributed by atoms with E-state index in [1.165, 1.54) is 6.08 Å². The maximum absolute atomic E-state index is 11.9. The van der Waals surface area contributed by atoms with Gasteiger partial charge in [0.15, 0.2) is 0 Å². The third kappa shape index (κ3) is 3.05. The van der Waals surface area contributed by atoms with Crippen LogP contribution in [0.4, 0.5) is 0 Å². The Morgan fingerprint density at radius 3 is 2.86 bits per heavy atom. The quantitative estimate of drug-likeness (QED) is 0.737. The van der Waals surface area contributed by atoms with Crippen molar-refractivity contribution in [3.63, 3.8) is 0 Å². The number of rotatable bonds is 4. The predicted molar refractivity (Wildman–Crippen MR) is 80.5 cm³/mol. The Morgan fingerprint density at radius 1 is 1.24 bits per heavy atom. The summed E-state index contributed by atoms with van der Waals surface area (Å²) < 4.78 is 10.9. The van der Waals surface area contributed by atoms with Crippen molar-refractivity contribution in [2.24, 2.45) is 0 Å². The largest absolute Gasteiger partial charge is 0.465 e. The Balaban J connectivity index is 1.67. The molecule has 4 nitrogen and oxygen atoms in total. The van der Waals surface area contributed by atoms with Crippen molar-refractivity contribution in [3.05, 3.63) is 66.3 Å². The molecule has 0 bridgehead atoms. The molecule has 1 amide bonds. The molecular formula is C17H15NO3. The summed E-state index contributed by atoms with van der Waals surface area (Å²) in [6.45, 7) is 1.89. The van der Waals surface area contributed by atoms with E-state index in [-0.39, 0.29) is 11.9 Å². The van der Waals surface area contributed by atoms with Gasteiger partial charge in [-0.05, 0) is 37.3 Å². The Kier molecular flexibility index (Phi) is 3.60. The average Bonchev–Trinajstić information content (AvgIpc) is 3.14. The van der Waals surface area contributed by atoms with Crippen LogP contribution in [0.25, 0.3) is 17.0 Å². The van der Waals surface area contributed by atoms with Gasteiger partial charge in [-0.2, -0.15) is 0 Å². The molecule has 0 aliphatic carbocycles. The van der Waals surface area contributed by atoms with Crippen LogP contribution in [-0.2, 0) is 4.79 Å². The fraction of sp³-hybridized carbons (Fsp3) is 0.118. The van der Waals surface area contributed by atoms with Crippen molar-refractivity contribution in [2.45, 2.75) is 13.0 Å². The van der Waals surface area contributed by atoms with Crippen LogP contribution in [0.3, 0.4) is 0 Å². The molecule has 0 aliphatic heterocycles. The number of nitrogens with one attached hydrogen (secondary N) is 1. The average molecular weight is 281 g/mol. The normalized spacial score (nSPS) is 12.8. The van der Waals surface area contributed by atoms with Crippen molar-refractivity contribution in [1.29, 1.82) is 0 Å². The van der Waals surface area contributed by atoms with Gasteiger partial charge >= 0.3 is 0 Å². The highest BCUT2D eigenvalue weighted by Gasteiger charge is 2.12.